The summed E-state index contributed by atoms with van der Waals surface area (Å²) in [5.41, 5.74) is 0. The fraction of sp³-hybridized carbons (Fsp3) is 0.946. The molecule has 2 amide bonds. The topological polar surface area (TPSA) is 359 Å². The third-order valence-corrected chi connectivity index (χ3v) is 19.2. The van der Waals surface area contributed by atoms with Gasteiger partial charge < -0.3 is 139 Å². The number of ether oxygens (including phenoxy) is 27. The number of carbonyl (C=O) groups is 5. The van der Waals surface area contributed by atoms with E-state index in [1.54, 1.807) is 14.2 Å². The first-order valence-corrected chi connectivity index (χ1v) is 48.5. The Hall–Kier alpha value is -3.61. The van der Waals surface area contributed by atoms with Gasteiger partial charge in [-0.3, -0.25) is 19.2 Å². The molecule has 0 spiro atoms. The molecule has 0 saturated carbocycles. The Balaban J connectivity index is 4.87. The summed E-state index contributed by atoms with van der Waals surface area (Å²) in [5, 5.41) is 5.71. The molecule has 0 rings (SSSR count). The number of esters is 3. The zero-order valence-electron chi connectivity index (χ0n) is 79.7. The van der Waals surface area contributed by atoms with Gasteiger partial charge in [-0.2, -0.15) is 0 Å². The Bertz CT molecular complexity index is 2210. The summed E-state index contributed by atoms with van der Waals surface area (Å²) in [7, 11) is 3.28. The van der Waals surface area contributed by atoms with Crippen molar-refractivity contribution in [3.63, 3.8) is 0 Å². The highest BCUT2D eigenvalue weighted by Gasteiger charge is 2.26. The molecule has 0 fully saturated rings. The Morgan fingerprint density at radius 2 is 0.441 bits per heavy atom. The largest absolute Gasteiger partial charge is 0.462 e. The molecular weight excluding hydrogens is 1660 g/mol. The molecule has 127 heavy (non-hydrogen) atoms. The van der Waals surface area contributed by atoms with Crippen molar-refractivity contribution in [1.29, 1.82) is 0 Å². The van der Waals surface area contributed by atoms with Crippen molar-refractivity contribution in [3.05, 3.63) is 0 Å². The van der Waals surface area contributed by atoms with Crippen LogP contribution >= 0.6 is 0 Å². The molecule has 34 nitrogen and oxygen atoms in total. The molecule has 754 valence electrons. The second-order valence-electron chi connectivity index (χ2n) is 30.3. The van der Waals surface area contributed by atoms with Crippen LogP contribution in [0, 0.1) is 0 Å². The van der Waals surface area contributed by atoms with E-state index in [9.17, 15) is 24.0 Å². The smallest absolute Gasteiger partial charge is 0.328 e. The van der Waals surface area contributed by atoms with Gasteiger partial charge in [0.05, 0.1) is 304 Å². The van der Waals surface area contributed by atoms with Gasteiger partial charge in [0.2, 0.25) is 11.8 Å². The zero-order valence-corrected chi connectivity index (χ0v) is 79.7. The molecule has 0 saturated heterocycles. The second-order valence-corrected chi connectivity index (χ2v) is 30.3. The van der Waals surface area contributed by atoms with Crippen molar-refractivity contribution in [1.82, 2.24) is 10.6 Å². The van der Waals surface area contributed by atoms with E-state index in [1.165, 1.54) is 116 Å². The van der Waals surface area contributed by atoms with E-state index in [0.717, 1.165) is 38.5 Å². The lowest BCUT2D eigenvalue weighted by Crippen LogP contribution is -2.43. The van der Waals surface area contributed by atoms with Gasteiger partial charge in [-0.25, -0.2) is 4.79 Å². The van der Waals surface area contributed by atoms with Crippen LogP contribution in [0.5, 0.6) is 0 Å². The molecule has 0 aliphatic rings. The highest BCUT2D eigenvalue weighted by atomic mass is 16.6. The van der Waals surface area contributed by atoms with Crippen LogP contribution in [0.3, 0.4) is 0 Å². The van der Waals surface area contributed by atoms with Crippen molar-refractivity contribution in [2.45, 2.75) is 238 Å². The number of rotatable bonds is 112. The Morgan fingerprint density at radius 1 is 0.220 bits per heavy atom. The van der Waals surface area contributed by atoms with Gasteiger partial charge in [-0.15, -0.1) is 0 Å². The third-order valence-electron chi connectivity index (χ3n) is 19.2. The number of amides is 2. The molecule has 0 aliphatic carbocycles. The summed E-state index contributed by atoms with van der Waals surface area (Å²) in [6, 6.07) is -1.08. The minimum atomic E-state index is -1.08. The maximum Gasteiger partial charge on any atom is 0.328 e. The molecular formula is C93H180N2O32. The predicted molar refractivity (Wildman–Crippen MR) is 482 cm³/mol. The maximum atomic E-state index is 14.0. The fourth-order valence-electron chi connectivity index (χ4n) is 12.0. The van der Waals surface area contributed by atoms with Crippen molar-refractivity contribution in [3.8, 4) is 0 Å². The summed E-state index contributed by atoms with van der Waals surface area (Å²) < 4.78 is 149. The van der Waals surface area contributed by atoms with Gasteiger partial charge in [0.25, 0.3) is 0 Å². The second kappa shape index (κ2) is 109. The van der Waals surface area contributed by atoms with E-state index in [1.807, 2.05) is 0 Å². The van der Waals surface area contributed by atoms with Crippen LogP contribution in [0.4, 0.5) is 0 Å². The lowest BCUT2D eigenvalue weighted by atomic mass is 10.0. The summed E-state index contributed by atoms with van der Waals surface area (Å²) in [6.45, 7) is 24.2. The van der Waals surface area contributed by atoms with Gasteiger partial charge in [-0.05, 0) is 32.1 Å². The Kier molecular flexibility index (Phi) is 106. The molecule has 2 N–H and O–H groups in total. The maximum absolute atomic E-state index is 14.0. The molecule has 0 aliphatic heterocycles. The van der Waals surface area contributed by atoms with E-state index in [2.05, 4.69) is 24.5 Å². The highest BCUT2D eigenvalue weighted by Crippen LogP contribution is 2.17. The van der Waals surface area contributed by atoms with Gasteiger partial charge >= 0.3 is 17.9 Å². The highest BCUT2D eigenvalue weighted by molar-refractivity contribution is 5.84. The molecule has 0 aromatic heterocycles. The standard InChI is InChI=1S/C93H180N2O32/c1-5-7-9-11-13-15-17-19-21-23-25-27-29-34-91(98)125-85-87(127-92(99)35-30-28-26-24-22-20-18-16-14-12-10-8-6-2)86-126-93(100)88(95-90(97)37-40-104-46-48-108-54-56-112-62-64-116-70-72-120-78-80-124-84-82-122-76-74-118-68-66-114-60-58-110-52-50-106-44-42-102-4)33-31-32-38-94-89(96)36-39-103-45-47-107-53-55-111-61-63-115-69-71-119-77-79-123-83-81-121-75-73-117-67-65-113-59-57-109-51-49-105-43-41-101-3/h87-88H,5-86H2,1-4H3,(H,94,96)(H,95,97). The molecule has 34 heteroatoms. The van der Waals surface area contributed by atoms with Crippen molar-refractivity contribution in [2.75, 3.05) is 338 Å². The third kappa shape index (κ3) is 104. The van der Waals surface area contributed by atoms with Crippen molar-refractivity contribution < 1.29 is 152 Å². The molecule has 2 unspecified atom stereocenters. The molecule has 0 aromatic rings. The first-order valence-electron chi connectivity index (χ1n) is 48.5. The number of carbonyl (C=O) groups excluding carboxylic acids is 5. The summed E-state index contributed by atoms with van der Waals surface area (Å²) in [6.07, 6.45) is 31.1. The van der Waals surface area contributed by atoms with Gasteiger partial charge in [0.1, 0.15) is 19.3 Å². The van der Waals surface area contributed by atoms with E-state index >= 15 is 0 Å². The Labute approximate surface area is 764 Å². The number of methoxy groups -OCH3 is 2. The van der Waals surface area contributed by atoms with E-state index in [0.29, 0.717) is 310 Å². The number of nitrogens with one attached hydrogen (secondary N) is 2. The van der Waals surface area contributed by atoms with E-state index in [-0.39, 0.29) is 77.7 Å². The molecule has 0 heterocycles. The normalized spacial score (nSPS) is 12.1. The van der Waals surface area contributed by atoms with Gasteiger partial charge in [0.15, 0.2) is 6.10 Å². The van der Waals surface area contributed by atoms with Crippen LogP contribution in [-0.2, 0) is 152 Å². The van der Waals surface area contributed by atoms with Crippen molar-refractivity contribution >= 4 is 29.7 Å². The number of hydrogen-bond acceptors (Lipinski definition) is 32. The molecule has 0 radical (unpaired) electrons. The van der Waals surface area contributed by atoms with E-state index < -0.39 is 36.0 Å². The van der Waals surface area contributed by atoms with Gasteiger partial charge in [0, 0.05) is 46.4 Å². The first-order chi connectivity index (χ1) is 62.8. The van der Waals surface area contributed by atoms with Crippen LogP contribution in [-0.4, -0.2) is 380 Å². The fourth-order valence-corrected chi connectivity index (χ4v) is 12.0. The Morgan fingerprint density at radius 3 is 0.701 bits per heavy atom. The monoisotopic (exact) mass is 1840 g/mol. The molecule has 0 aromatic carbocycles. The zero-order chi connectivity index (χ0) is 91.5. The van der Waals surface area contributed by atoms with Gasteiger partial charge in [-0.1, -0.05) is 168 Å². The van der Waals surface area contributed by atoms with Crippen LogP contribution in [0.25, 0.3) is 0 Å². The lowest BCUT2D eigenvalue weighted by Gasteiger charge is -2.21. The molecule has 0 bridgehead atoms. The van der Waals surface area contributed by atoms with Crippen LogP contribution < -0.4 is 10.6 Å². The number of hydrogen-bond donors (Lipinski definition) is 2. The lowest BCUT2D eigenvalue weighted by molar-refractivity contribution is -0.168. The minimum absolute atomic E-state index is 0.0502. The summed E-state index contributed by atoms with van der Waals surface area (Å²) in [5.74, 6) is -2.25. The van der Waals surface area contributed by atoms with Crippen LogP contribution in [0.2, 0.25) is 0 Å². The first kappa shape index (κ1) is 123. The minimum Gasteiger partial charge on any atom is -0.462 e. The molecule has 2 atom stereocenters. The average Bonchev–Trinajstić information content (AvgIpc) is 0.904. The SMILES string of the molecule is CCCCCCCCCCCCCCCC(=O)OCC(COC(=O)C(CCCCNC(=O)CCOCCOCCOCCOCCOCCOCCOCCOCCOCCOCCOCCOC)NC(=O)CCOCCOCCOCCOCCOCCOCCOCCOCCOCCOCCOCCOC)OC(=O)CCCCCCCCCCCCCCC. The van der Waals surface area contributed by atoms with Crippen LogP contribution in [0.15, 0.2) is 0 Å². The number of unbranched alkanes of at least 4 members (excludes halogenated alkanes) is 25. The summed E-state index contributed by atoms with van der Waals surface area (Å²) >= 11 is 0. The summed E-state index contributed by atoms with van der Waals surface area (Å²) in [4.78, 5) is 66.6. The van der Waals surface area contributed by atoms with Crippen LogP contribution in [0.1, 0.15) is 226 Å². The quantitative estimate of drug-likeness (QED) is 0.0324. The average molecular weight is 1840 g/mol. The predicted octanol–water partition coefficient (Wildman–Crippen LogP) is 11.2. The van der Waals surface area contributed by atoms with Crippen molar-refractivity contribution in [2.24, 2.45) is 0 Å². The van der Waals surface area contributed by atoms with E-state index in [4.69, 9.17) is 128 Å².